The van der Waals surface area contributed by atoms with E-state index in [1.165, 1.54) is 33.5 Å². The average Bonchev–Trinajstić information content (AvgIpc) is 2.95. The van der Waals surface area contributed by atoms with Crippen LogP contribution in [0.5, 0.6) is 0 Å². The first-order valence-corrected chi connectivity index (χ1v) is 7.69. The molecule has 0 aliphatic carbocycles. The highest BCUT2D eigenvalue weighted by Crippen LogP contribution is 2.34. The summed E-state index contributed by atoms with van der Waals surface area (Å²) in [6, 6.07) is 7.56. The molecule has 1 aliphatic rings. The van der Waals surface area contributed by atoms with Crippen LogP contribution in [0.2, 0.25) is 0 Å². The minimum Gasteiger partial charge on any atom is -0.301 e. The van der Waals surface area contributed by atoms with Crippen LogP contribution in [0.1, 0.15) is 0 Å². The molecule has 3 rings (SSSR count). The monoisotopic (exact) mass is 306 g/mol. The minimum absolute atomic E-state index is 0.0179. The Morgan fingerprint density at radius 2 is 2.25 bits per heavy atom. The molecule has 0 unspecified atom stereocenters. The van der Waals surface area contributed by atoms with E-state index in [4.69, 9.17) is 0 Å². The van der Waals surface area contributed by atoms with Gasteiger partial charge in [-0.25, -0.2) is 0 Å². The molecule has 2 amide bonds. The number of thioether (sulfide) groups is 1. The molecule has 6 nitrogen and oxygen atoms in total. The van der Waals surface area contributed by atoms with Gasteiger partial charge in [0, 0.05) is 4.90 Å². The number of nitrogens with zero attached hydrogens (tertiary/aromatic N) is 3. The lowest BCUT2D eigenvalue weighted by molar-refractivity contribution is -0.120. The first-order chi connectivity index (χ1) is 9.74. The second-order valence-corrected chi connectivity index (χ2v) is 5.88. The highest BCUT2D eigenvalue weighted by atomic mass is 32.2. The molecular formula is C12H10N4O2S2. The number of fused-ring (bicyclic) bond motifs is 1. The van der Waals surface area contributed by atoms with E-state index in [1.807, 2.05) is 24.3 Å². The number of benzene rings is 1. The average molecular weight is 306 g/mol. The number of hydrogen-bond donors (Lipinski definition) is 1. The largest absolute Gasteiger partial charge is 0.301 e. The molecule has 0 bridgehead atoms. The Hall–Kier alpha value is -1.93. The van der Waals surface area contributed by atoms with Crippen molar-refractivity contribution in [2.45, 2.75) is 4.90 Å². The van der Waals surface area contributed by atoms with Gasteiger partial charge < -0.3 is 4.90 Å². The van der Waals surface area contributed by atoms with Gasteiger partial charge in [0.05, 0.1) is 11.4 Å². The number of carbonyl (C=O) groups excluding carboxylic acids is 2. The van der Waals surface area contributed by atoms with Crippen LogP contribution < -0.4 is 10.2 Å². The normalized spacial score (nSPS) is 14.0. The lowest BCUT2D eigenvalue weighted by atomic mass is 10.2. The second kappa shape index (κ2) is 5.59. The highest BCUT2D eigenvalue weighted by molar-refractivity contribution is 8.00. The molecule has 2 heterocycles. The van der Waals surface area contributed by atoms with E-state index in [1.54, 1.807) is 0 Å². The molecule has 1 aromatic heterocycles. The zero-order valence-electron chi connectivity index (χ0n) is 10.3. The Kier molecular flexibility index (Phi) is 3.66. The van der Waals surface area contributed by atoms with Crippen molar-refractivity contribution in [3.63, 3.8) is 0 Å². The predicted molar refractivity (Wildman–Crippen MR) is 78.1 cm³/mol. The van der Waals surface area contributed by atoms with Crippen LogP contribution in [0.3, 0.4) is 0 Å². The molecule has 20 heavy (non-hydrogen) atoms. The Labute approximate surface area is 123 Å². The third kappa shape index (κ3) is 2.66. The Morgan fingerprint density at radius 1 is 1.40 bits per heavy atom. The predicted octanol–water partition coefficient (Wildman–Crippen LogP) is 1.62. The van der Waals surface area contributed by atoms with Crippen LogP contribution in [0.25, 0.3) is 0 Å². The van der Waals surface area contributed by atoms with Gasteiger partial charge in [-0.2, -0.15) is 0 Å². The fourth-order valence-corrected chi connectivity index (χ4v) is 3.25. The summed E-state index contributed by atoms with van der Waals surface area (Å²) in [5.41, 5.74) is 2.31. The highest BCUT2D eigenvalue weighted by Gasteiger charge is 2.26. The molecule has 8 heteroatoms. The quantitative estimate of drug-likeness (QED) is 0.932. The van der Waals surface area contributed by atoms with Crippen molar-refractivity contribution in [1.82, 2.24) is 10.2 Å². The third-order valence-corrected chi connectivity index (χ3v) is 4.37. The Balaban J connectivity index is 1.76. The first-order valence-electron chi connectivity index (χ1n) is 5.82. The van der Waals surface area contributed by atoms with Crippen molar-refractivity contribution in [2.24, 2.45) is 0 Å². The van der Waals surface area contributed by atoms with E-state index in [0.29, 0.717) is 10.9 Å². The van der Waals surface area contributed by atoms with Gasteiger partial charge in [-0.15, -0.1) is 22.0 Å². The number of amides is 2. The van der Waals surface area contributed by atoms with Gasteiger partial charge in [-0.05, 0) is 12.1 Å². The zero-order valence-corrected chi connectivity index (χ0v) is 11.9. The maximum absolute atomic E-state index is 12.0. The van der Waals surface area contributed by atoms with Crippen molar-refractivity contribution >= 4 is 45.7 Å². The molecule has 0 saturated heterocycles. The zero-order chi connectivity index (χ0) is 13.9. The molecule has 1 aromatic carbocycles. The number of nitrogens with one attached hydrogen (secondary N) is 1. The summed E-state index contributed by atoms with van der Waals surface area (Å²) in [4.78, 5) is 26.5. The maximum Gasteiger partial charge on any atom is 0.246 e. The van der Waals surface area contributed by atoms with Crippen LogP contribution in [0.15, 0.2) is 34.7 Å². The van der Waals surface area contributed by atoms with E-state index in [-0.39, 0.29) is 18.4 Å². The molecule has 1 N–H and O–H groups in total. The number of aromatic nitrogens is 2. The molecule has 1 aliphatic heterocycles. The summed E-state index contributed by atoms with van der Waals surface area (Å²) >= 11 is 2.73. The molecular weight excluding hydrogens is 296 g/mol. The minimum atomic E-state index is -0.281. The number of para-hydroxylation sites is 1. The summed E-state index contributed by atoms with van der Waals surface area (Å²) in [6.07, 6.45) is 0. The van der Waals surface area contributed by atoms with E-state index in [2.05, 4.69) is 15.5 Å². The summed E-state index contributed by atoms with van der Waals surface area (Å²) in [7, 11) is 0. The van der Waals surface area contributed by atoms with Crippen LogP contribution >= 0.6 is 23.1 Å². The van der Waals surface area contributed by atoms with Crippen molar-refractivity contribution in [1.29, 1.82) is 0 Å². The topological polar surface area (TPSA) is 75.2 Å². The van der Waals surface area contributed by atoms with E-state index >= 15 is 0 Å². The van der Waals surface area contributed by atoms with Crippen LogP contribution in [-0.4, -0.2) is 34.3 Å². The number of rotatable bonds is 3. The van der Waals surface area contributed by atoms with Gasteiger partial charge in [-0.1, -0.05) is 23.5 Å². The summed E-state index contributed by atoms with van der Waals surface area (Å²) < 4.78 is 0. The Bertz CT molecular complexity index is 645. The molecule has 0 fully saturated rings. The molecule has 0 radical (unpaired) electrons. The molecule has 102 valence electrons. The van der Waals surface area contributed by atoms with Gasteiger partial charge in [0.2, 0.25) is 16.9 Å². The third-order valence-electron chi connectivity index (χ3n) is 2.72. The Morgan fingerprint density at radius 3 is 3.05 bits per heavy atom. The fraction of sp³-hybridized carbons (Fsp3) is 0.167. The van der Waals surface area contributed by atoms with Crippen LogP contribution in [-0.2, 0) is 9.59 Å². The fourth-order valence-electron chi connectivity index (χ4n) is 1.86. The van der Waals surface area contributed by atoms with E-state index < -0.39 is 0 Å². The first kappa shape index (κ1) is 13.1. The summed E-state index contributed by atoms with van der Waals surface area (Å²) in [5, 5.41) is 10.4. The second-order valence-electron chi connectivity index (χ2n) is 4.03. The lowest BCUT2D eigenvalue weighted by Crippen LogP contribution is -2.41. The van der Waals surface area contributed by atoms with Crippen molar-refractivity contribution in [3.8, 4) is 0 Å². The van der Waals surface area contributed by atoms with E-state index in [9.17, 15) is 9.59 Å². The van der Waals surface area contributed by atoms with Gasteiger partial charge >= 0.3 is 0 Å². The number of carbonyl (C=O) groups is 2. The van der Waals surface area contributed by atoms with Gasteiger partial charge in [0.25, 0.3) is 0 Å². The van der Waals surface area contributed by atoms with Crippen LogP contribution in [0, 0.1) is 0 Å². The smallest absolute Gasteiger partial charge is 0.246 e. The molecule has 0 atom stereocenters. The van der Waals surface area contributed by atoms with Crippen molar-refractivity contribution < 1.29 is 9.59 Å². The lowest BCUT2D eigenvalue weighted by Gasteiger charge is -2.28. The SMILES string of the molecule is O=C(CN1C(=O)CSc2ccccc21)Nc1nncs1. The van der Waals surface area contributed by atoms with Crippen LogP contribution in [0.4, 0.5) is 10.8 Å². The summed E-state index contributed by atoms with van der Waals surface area (Å²) in [5.74, 6) is 0.00115. The summed E-state index contributed by atoms with van der Waals surface area (Å²) in [6.45, 7) is -0.0179. The van der Waals surface area contributed by atoms with E-state index in [0.717, 1.165) is 10.6 Å². The maximum atomic E-state index is 12.0. The molecule has 0 saturated carbocycles. The number of anilines is 2. The van der Waals surface area contributed by atoms with Crippen molar-refractivity contribution in [3.05, 3.63) is 29.8 Å². The molecule has 2 aromatic rings. The van der Waals surface area contributed by atoms with Gasteiger partial charge in [0.15, 0.2) is 0 Å². The van der Waals surface area contributed by atoms with Gasteiger partial charge in [0.1, 0.15) is 12.1 Å². The standard InChI is InChI=1S/C12H10N4O2S2/c17-10(14-12-15-13-7-20-12)5-16-8-3-1-2-4-9(8)19-6-11(16)18/h1-4,7H,5-6H2,(H,14,15,17). The number of hydrogen-bond acceptors (Lipinski definition) is 6. The van der Waals surface area contributed by atoms with Gasteiger partial charge in [-0.3, -0.25) is 14.9 Å². The van der Waals surface area contributed by atoms with Crippen molar-refractivity contribution in [2.75, 3.05) is 22.5 Å². The molecule has 0 spiro atoms.